The largest absolute Gasteiger partial charge is 0.469 e. The Hall–Kier alpha value is -3.07. The number of rotatable bonds is 7. The van der Waals surface area contributed by atoms with Crippen molar-refractivity contribution in [2.45, 2.75) is 62.3 Å². The van der Waals surface area contributed by atoms with E-state index in [-0.39, 0.29) is 24.7 Å². The van der Waals surface area contributed by atoms with Crippen LogP contribution >= 0.6 is 0 Å². The van der Waals surface area contributed by atoms with Crippen molar-refractivity contribution in [1.82, 2.24) is 24.8 Å². The molecule has 7 atom stereocenters. The summed E-state index contributed by atoms with van der Waals surface area (Å²) >= 11 is 0. The van der Waals surface area contributed by atoms with Gasteiger partial charge in [0.1, 0.15) is 31.2 Å². The van der Waals surface area contributed by atoms with Crippen LogP contribution in [0.1, 0.15) is 31.9 Å². The van der Waals surface area contributed by atoms with E-state index >= 15 is 0 Å². The molecular weight excluding hydrogens is 476 g/mol. The summed E-state index contributed by atoms with van der Waals surface area (Å²) in [4.78, 5) is 37.1. The molecule has 36 heavy (non-hydrogen) atoms. The van der Waals surface area contributed by atoms with E-state index in [0.717, 1.165) is 12.8 Å². The lowest BCUT2D eigenvalue weighted by Gasteiger charge is -2.20. The minimum atomic E-state index is -1.32. The van der Waals surface area contributed by atoms with Crippen molar-refractivity contribution in [3.05, 3.63) is 12.7 Å². The monoisotopic (exact) mass is 506 g/mol. The molecule has 3 aliphatic rings. The van der Waals surface area contributed by atoms with Gasteiger partial charge in [-0.05, 0) is 19.3 Å². The van der Waals surface area contributed by atoms with Gasteiger partial charge in [-0.3, -0.25) is 9.36 Å². The molecule has 3 fully saturated rings. The quantitative estimate of drug-likeness (QED) is 0.361. The predicted octanol–water partition coefficient (Wildman–Crippen LogP) is -0.286. The molecule has 14 heteroatoms. The van der Waals surface area contributed by atoms with Crippen LogP contribution < -0.4 is 10.6 Å². The predicted molar refractivity (Wildman–Crippen MR) is 122 cm³/mol. The van der Waals surface area contributed by atoms with Gasteiger partial charge in [0.25, 0.3) is 0 Å². The van der Waals surface area contributed by atoms with Crippen LogP contribution in [-0.4, -0.2) is 99.1 Å². The van der Waals surface area contributed by atoms with Crippen LogP contribution in [0, 0.1) is 5.92 Å². The third-order valence-electron chi connectivity index (χ3n) is 6.94. The molecule has 0 aromatic carbocycles. The fraction of sp³-hybridized carbons (Fsp3) is 0.682. The Kier molecular flexibility index (Phi) is 7.18. The van der Waals surface area contributed by atoms with Gasteiger partial charge in [-0.1, -0.05) is 6.42 Å². The van der Waals surface area contributed by atoms with Crippen LogP contribution in [-0.2, 0) is 23.7 Å². The van der Waals surface area contributed by atoms with Crippen molar-refractivity contribution in [3.8, 4) is 0 Å². The molecule has 0 radical (unpaired) electrons. The number of imidazole rings is 1. The number of anilines is 1. The molecule has 2 saturated heterocycles. The fourth-order valence-electron chi connectivity index (χ4n) is 5.00. The van der Waals surface area contributed by atoms with E-state index in [0.29, 0.717) is 43.0 Å². The number of nitrogens with one attached hydrogen (secondary N) is 2. The van der Waals surface area contributed by atoms with E-state index in [9.17, 15) is 19.8 Å². The average molecular weight is 507 g/mol. The number of carbonyl (C=O) groups excluding carboxylic acids is 2. The van der Waals surface area contributed by atoms with Crippen molar-refractivity contribution in [2.24, 2.45) is 5.92 Å². The van der Waals surface area contributed by atoms with Crippen molar-refractivity contribution >= 4 is 29.0 Å². The van der Waals surface area contributed by atoms with E-state index < -0.39 is 36.6 Å². The standard InChI is InChI=1S/C22H30N6O8/c1-33-21(31)12-3-2-4-13(12)27-22(32)35-8-14-16(29)17(30)20(36-14)28-10-25-15-18(23-9-24-19(15)28)26-11-5-6-34-7-11/h9-14,16-17,20,29-30H,2-8H2,1H3,(H,27,32)(H,23,24,26). The minimum Gasteiger partial charge on any atom is -0.469 e. The second kappa shape index (κ2) is 10.5. The number of aliphatic hydroxyl groups is 2. The minimum absolute atomic E-state index is 0.114. The zero-order valence-corrected chi connectivity index (χ0v) is 19.8. The van der Waals surface area contributed by atoms with Crippen molar-refractivity contribution in [2.75, 3.05) is 32.2 Å². The fourth-order valence-corrected chi connectivity index (χ4v) is 5.00. The lowest BCUT2D eigenvalue weighted by atomic mass is 10.0. The third-order valence-corrected chi connectivity index (χ3v) is 6.94. The van der Waals surface area contributed by atoms with Crippen LogP contribution in [0.4, 0.5) is 10.6 Å². The van der Waals surface area contributed by atoms with Gasteiger partial charge in [-0.25, -0.2) is 19.7 Å². The summed E-state index contributed by atoms with van der Waals surface area (Å²) in [5.74, 6) is -0.250. The smallest absolute Gasteiger partial charge is 0.407 e. The lowest BCUT2D eigenvalue weighted by Crippen LogP contribution is -2.42. The molecule has 1 saturated carbocycles. The molecule has 2 aromatic rings. The Labute approximate surface area is 206 Å². The topological polar surface area (TPSA) is 179 Å². The van der Waals surface area contributed by atoms with Crippen molar-refractivity contribution < 1.29 is 38.7 Å². The van der Waals surface area contributed by atoms with Gasteiger partial charge in [-0.2, -0.15) is 0 Å². The molecule has 1 aliphatic carbocycles. The molecule has 4 N–H and O–H groups in total. The van der Waals surface area contributed by atoms with E-state index in [1.165, 1.54) is 24.3 Å². The number of ether oxygens (including phenoxy) is 4. The highest BCUT2D eigenvalue weighted by molar-refractivity contribution is 5.83. The van der Waals surface area contributed by atoms with Crippen LogP contribution in [0.2, 0.25) is 0 Å². The Bertz CT molecular complexity index is 1090. The van der Waals surface area contributed by atoms with Crippen LogP contribution in [0.3, 0.4) is 0 Å². The summed E-state index contributed by atoms with van der Waals surface area (Å²) in [6.07, 6.45) is 0.391. The number of fused-ring (bicyclic) bond motifs is 1. The molecule has 2 aromatic heterocycles. The molecule has 14 nitrogen and oxygen atoms in total. The van der Waals surface area contributed by atoms with Gasteiger partial charge in [-0.15, -0.1) is 0 Å². The number of amides is 1. The van der Waals surface area contributed by atoms with Crippen LogP contribution in [0.15, 0.2) is 12.7 Å². The lowest BCUT2D eigenvalue weighted by molar-refractivity contribution is -0.145. The maximum atomic E-state index is 12.3. The maximum Gasteiger partial charge on any atom is 0.407 e. The number of hydrogen-bond donors (Lipinski definition) is 4. The summed E-state index contributed by atoms with van der Waals surface area (Å²) in [6, 6.07) is -0.267. The average Bonchev–Trinajstić information content (AvgIpc) is 3.67. The first-order chi connectivity index (χ1) is 17.5. The van der Waals surface area contributed by atoms with Gasteiger partial charge in [0, 0.05) is 12.6 Å². The molecule has 7 unspecified atom stereocenters. The highest BCUT2D eigenvalue weighted by Crippen LogP contribution is 2.33. The molecule has 0 bridgehead atoms. The number of esters is 1. The molecule has 196 valence electrons. The normalized spacial score (nSPS) is 32.0. The van der Waals surface area contributed by atoms with E-state index in [4.69, 9.17) is 18.9 Å². The maximum absolute atomic E-state index is 12.3. The highest BCUT2D eigenvalue weighted by atomic mass is 16.6. The number of alkyl carbamates (subject to hydrolysis) is 1. The molecule has 5 rings (SSSR count). The number of methoxy groups -OCH3 is 1. The summed E-state index contributed by atoms with van der Waals surface area (Å²) < 4.78 is 22.8. The molecule has 4 heterocycles. The van der Waals surface area contributed by atoms with Gasteiger partial charge in [0.2, 0.25) is 0 Å². The van der Waals surface area contributed by atoms with Crippen molar-refractivity contribution in [1.29, 1.82) is 0 Å². The summed E-state index contributed by atoms with van der Waals surface area (Å²) in [5, 5.41) is 27.2. The zero-order valence-electron chi connectivity index (χ0n) is 19.8. The van der Waals surface area contributed by atoms with E-state index in [1.807, 2.05) is 0 Å². The first kappa shape index (κ1) is 24.6. The number of aromatic nitrogens is 4. The first-order valence-electron chi connectivity index (χ1n) is 12.0. The SMILES string of the molecule is COC(=O)C1CCCC1NC(=O)OCC1OC(n2cnc3c(NC4CCOC4)ncnc32)C(O)C1O. The number of aliphatic hydroxyl groups excluding tert-OH is 2. The number of hydrogen-bond acceptors (Lipinski definition) is 12. The second-order valence-corrected chi connectivity index (χ2v) is 9.21. The summed E-state index contributed by atoms with van der Waals surface area (Å²) in [7, 11) is 1.31. The Morgan fingerprint density at radius 2 is 2.06 bits per heavy atom. The number of carbonyl (C=O) groups is 2. The van der Waals surface area contributed by atoms with Gasteiger partial charge < -0.3 is 39.8 Å². The van der Waals surface area contributed by atoms with Crippen LogP contribution in [0.25, 0.3) is 11.2 Å². The third kappa shape index (κ3) is 4.81. The van der Waals surface area contributed by atoms with Gasteiger partial charge in [0.05, 0.1) is 32.0 Å². The van der Waals surface area contributed by atoms with Crippen LogP contribution in [0.5, 0.6) is 0 Å². The molecular formula is C22H30N6O8. The summed E-state index contributed by atoms with van der Waals surface area (Å²) in [6.45, 7) is 0.947. The van der Waals surface area contributed by atoms with Crippen molar-refractivity contribution in [3.63, 3.8) is 0 Å². The Balaban J connectivity index is 1.21. The van der Waals surface area contributed by atoms with E-state index in [2.05, 4.69) is 25.6 Å². The second-order valence-electron chi connectivity index (χ2n) is 9.21. The summed E-state index contributed by atoms with van der Waals surface area (Å²) in [5.41, 5.74) is 0.905. The Morgan fingerprint density at radius 1 is 1.19 bits per heavy atom. The zero-order chi connectivity index (χ0) is 25.2. The highest BCUT2D eigenvalue weighted by Gasteiger charge is 2.45. The van der Waals surface area contributed by atoms with Gasteiger partial charge in [0.15, 0.2) is 23.2 Å². The Morgan fingerprint density at radius 3 is 2.83 bits per heavy atom. The molecule has 2 aliphatic heterocycles. The van der Waals surface area contributed by atoms with Gasteiger partial charge >= 0.3 is 12.1 Å². The molecule has 1 amide bonds. The first-order valence-corrected chi connectivity index (χ1v) is 12.0. The number of nitrogens with zero attached hydrogens (tertiary/aromatic N) is 4. The van der Waals surface area contributed by atoms with E-state index in [1.54, 1.807) is 0 Å². The molecule has 0 spiro atoms.